The van der Waals surface area contributed by atoms with Crippen LogP contribution in [0.4, 0.5) is 10.5 Å². The van der Waals surface area contributed by atoms with Gasteiger partial charge < -0.3 is 35.5 Å². The lowest BCUT2D eigenvalue weighted by Gasteiger charge is -2.20. The lowest BCUT2D eigenvalue weighted by Crippen LogP contribution is -2.32. The number of carboxylic acid groups (broad SMARTS) is 1. The topological polar surface area (TPSA) is 159 Å². The van der Waals surface area contributed by atoms with Gasteiger partial charge in [0.25, 0.3) is 17.4 Å². The minimum absolute atomic E-state index is 0.117. The van der Waals surface area contributed by atoms with E-state index in [1.54, 1.807) is 31.2 Å². The van der Waals surface area contributed by atoms with Crippen molar-refractivity contribution in [3.63, 3.8) is 0 Å². The Morgan fingerprint density at radius 1 is 0.927 bits per heavy atom. The molecule has 4 rings (SSSR count). The Labute approximate surface area is 235 Å². The number of pyridine rings is 1. The number of hydrogen-bond donors (Lipinski definition) is 5. The van der Waals surface area contributed by atoms with Gasteiger partial charge in [-0.15, -0.1) is 0 Å². The average molecular weight is 559 g/mol. The third kappa shape index (κ3) is 6.82. The Kier molecular flexibility index (Phi) is 8.88. The standard InChI is InChI=1S/C30H30N4O7/c1-17-9-10-19(27(35)32-22(11-12-31-30(38)39)18-7-5-4-6-8-18)14-23(17)33-28(36)21-13-20-15-25(40-2)26(41-3)16-24(20)34-29(21)37/h4-10,13-16,22,31H,11-12H2,1-3H3,(H,32,35)(H,33,36)(H,34,37)(H,38,39)/t22-/m0/s1. The van der Waals surface area contributed by atoms with Gasteiger partial charge >= 0.3 is 6.09 Å². The van der Waals surface area contributed by atoms with Crippen molar-refractivity contribution in [3.05, 3.63) is 99.3 Å². The minimum atomic E-state index is -1.15. The molecular weight excluding hydrogens is 528 g/mol. The Balaban J connectivity index is 1.56. The zero-order valence-electron chi connectivity index (χ0n) is 22.7. The number of rotatable bonds is 10. The van der Waals surface area contributed by atoms with Gasteiger partial charge in [-0.05, 0) is 48.7 Å². The van der Waals surface area contributed by atoms with Gasteiger partial charge in [0, 0.05) is 29.2 Å². The molecule has 0 bridgehead atoms. The van der Waals surface area contributed by atoms with E-state index in [0.29, 0.717) is 40.1 Å². The molecular formula is C30H30N4O7. The number of anilines is 1. The number of H-pyrrole nitrogens is 1. The molecule has 0 saturated carbocycles. The van der Waals surface area contributed by atoms with E-state index < -0.39 is 29.5 Å². The Morgan fingerprint density at radius 3 is 2.32 bits per heavy atom. The molecule has 0 unspecified atom stereocenters. The Hall–Kier alpha value is -5.32. The zero-order valence-corrected chi connectivity index (χ0v) is 22.7. The SMILES string of the molecule is COc1cc2cc(C(=O)Nc3cc(C(=O)N[C@@H](CCNC(=O)O)c4ccccc4)ccc3C)c(=O)[nH]c2cc1OC. The number of amides is 3. The van der Waals surface area contributed by atoms with Crippen molar-refractivity contribution in [2.75, 3.05) is 26.1 Å². The summed E-state index contributed by atoms with van der Waals surface area (Å²) in [5.74, 6) is -0.175. The first-order chi connectivity index (χ1) is 19.7. The predicted octanol–water partition coefficient (Wildman–Crippen LogP) is 4.23. The molecule has 1 atom stereocenters. The number of hydrogen-bond acceptors (Lipinski definition) is 6. The number of benzene rings is 3. The molecule has 0 aliphatic rings. The summed E-state index contributed by atoms with van der Waals surface area (Å²) in [6.07, 6.45) is -0.815. The van der Waals surface area contributed by atoms with Gasteiger partial charge in [-0.2, -0.15) is 0 Å². The lowest BCUT2D eigenvalue weighted by molar-refractivity contribution is 0.0933. The van der Waals surface area contributed by atoms with Crippen LogP contribution >= 0.6 is 0 Å². The summed E-state index contributed by atoms with van der Waals surface area (Å²) < 4.78 is 10.6. The number of carbonyl (C=O) groups excluding carboxylic acids is 2. The van der Waals surface area contributed by atoms with Gasteiger partial charge in [-0.3, -0.25) is 14.4 Å². The quantitative estimate of drug-likeness (QED) is 0.195. The van der Waals surface area contributed by atoms with Gasteiger partial charge in [-0.25, -0.2) is 4.79 Å². The number of ether oxygens (including phenoxy) is 2. The molecule has 0 spiro atoms. The molecule has 212 valence electrons. The van der Waals surface area contributed by atoms with E-state index in [1.807, 2.05) is 30.3 Å². The molecule has 41 heavy (non-hydrogen) atoms. The van der Waals surface area contributed by atoms with Gasteiger partial charge in [0.05, 0.1) is 25.8 Å². The fraction of sp³-hybridized carbons (Fsp3) is 0.200. The van der Waals surface area contributed by atoms with E-state index in [0.717, 1.165) is 5.56 Å². The molecule has 1 heterocycles. The molecule has 11 nitrogen and oxygen atoms in total. The first-order valence-electron chi connectivity index (χ1n) is 12.7. The van der Waals surface area contributed by atoms with Gasteiger partial charge in [0.15, 0.2) is 11.5 Å². The van der Waals surface area contributed by atoms with Crippen LogP contribution in [-0.2, 0) is 0 Å². The fourth-order valence-electron chi connectivity index (χ4n) is 4.36. The average Bonchev–Trinajstić information content (AvgIpc) is 2.96. The molecule has 5 N–H and O–H groups in total. The van der Waals surface area contributed by atoms with Gasteiger partial charge in [-0.1, -0.05) is 36.4 Å². The van der Waals surface area contributed by atoms with Crippen molar-refractivity contribution in [3.8, 4) is 11.5 Å². The monoisotopic (exact) mass is 558 g/mol. The summed E-state index contributed by atoms with van der Waals surface area (Å²) >= 11 is 0. The highest BCUT2D eigenvalue weighted by molar-refractivity contribution is 6.07. The Morgan fingerprint density at radius 2 is 1.63 bits per heavy atom. The molecule has 0 fully saturated rings. The maximum Gasteiger partial charge on any atom is 0.404 e. The fourth-order valence-corrected chi connectivity index (χ4v) is 4.36. The number of carbonyl (C=O) groups is 3. The lowest BCUT2D eigenvalue weighted by atomic mass is 10.0. The van der Waals surface area contributed by atoms with E-state index in [2.05, 4.69) is 20.9 Å². The molecule has 3 amide bonds. The first kappa shape index (κ1) is 28.7. The van der Waals surface area contributed by atoms with Crippen LogP contribution in [0.5, 0.6) is 11.5 Å². The van der Waals surface area contributed by atoms with Crippen molar-refractivity contribution in [2.24, 2.45) is 0 Å². The van der Waals surface area contributed by atoms with Crippen molar-refractivity contribution in [1.82, 2.24) is 15.6 Å². The Bertz CT molecular complexity index is 1650. The molecule has 3 aromatic carbocycles. The van der Waals surface area contributed by atoms with E-state index in [-0.39, 0.29) is 17.7 Å². The second-order valence-corrected chi connectivity index (χ2v) is 9.25. The maximum atomic E-state index is 13.2. The summed E-state index contributed by atoms with van der Waals surface area (Å²) in [7, 11) is 2.97. The number of aromatic amines is 1. The van der Waals surface area contributed by atoms with E-state index in [1.165, 1.54) is 26.4 Å². The zero-order chi connectivity index (χ0) is 29.5. The number of nitrogens with one attached hydrogen (secondary N) is 4. The summed E-state index contributed by atoms with van der Waals surface area (Å²) in [6.45, 7) is 1.91. The molecule has 4 aromatic rings. The third-order valence-corrected chi connectivity index (χ3v) is 6.56. The van der Waals surface area contributed by atoms with E-state index in [4.69, 9.17) is 14.6 Å². The van der Waals surface area contributed by atoms with Crippen LogP contribution in [0.15, 0.2) is 71.5 Å². The van der Waals surface area contributed by atoms with Gasteiger partial charge in [0.1, 0.15) is 5.56 Å². The van der Waals surface area contributed by atoms with E-state index in [9.17, 15) is 19.2 Å². The third-order valence-electron chi connectivity index (χ3n) is 6.56. The summed E-state index contributed by atoms with van der Waals surface area (Å²) in [6, 6.07) is 18.3. The molecule has 0 aliphatic heterocycles. The number of aromatic nitrogens is 1. The van der Waals surface area contributed by atoms with Crippen LogP contribution in [-0.4, -0.2) is 48.8 Å². The summed E-state index contributed by atoms with van der Waals surface area (Å²) in [5.41, 5.74) is 1.91. The highest BCUT2D eigenvalue weighted by atomic mass is 16.5. The smallest absolute Gasteiger partial charge is 0.404 e. The maximum absolute atomic E-state index is 13.2. The van der Waals surface area contributed by atoms with Crippen molar-refractivity contribution >= 4 is 34.5 Å². The predicted molar refractivity (Wildman–Crippen MR) is 154 cm³/mol. The first-order valence-corrected chi connectivity index (χ1v) is 12.7. The molecule has 0 aliphatic carbocycles. The normalized spacial score (nSPS) is 11.4. The van der Waals surface area contributed by atoms with Crippen LogP contribution in [0.3, 0.4) is 0 Å². The van der Waals surface area contributed by atoms with Gasteiger partial charge in [0.2, 0.25) is 0 Å². The van der Waals surface area contributed by atoms with Crippen LogP contribution in [0.1, 0.15) is 44.3 Å². The largest absolute Gasteiger partial charge is 0.493 e. The number of fused-ring (bicyclic) bond motifs is 1. The second kappa shape index (κ2) is 12.7. The number of methoxy groups -OCH3 is 2. The van der Waals surface area contributed by atoms with Crippen molar-refractivity contribution < 1.29 is 29.0 Å². The summed E-state index contributed by atoms with van der Waals surface area (Å²) in [4.78, 5) is 52.8. The van der Waals surface area contributed by atoms with Crippen LogP contribution in [0.2, 0.25) is 0 Å². The highest BCUT2D eigenvalue weighted by Gasteiger charge is 2.19. The molecule has 0 saturated heterocycles. The van der Waals surface area contributed by atoms with E-state index >= 15 is 0 Å². The highest BCUT2D eigenvalue weighted by Crippen LogP contribution is 2.31. The van der Waals surface area contributed by atoms with Crippen molar-refractivity contribution in [1.29, 1.82) is 0 Å². The van der Waals surface area contributed by atoms with Crippen LogP contribution in [0, 0.1) is 6.92 Å². The molecule has 1 aromatic heterocycles. The van der Waals surface area contributed by atoms with Crippen LogP contribution < -0.4 is 31.0 Å². The minimum Gasteiger partial charge on any atom is -0.493 e. The number of aryl methyl sites for hydroxylation is 1. The second-order valence-electron chi connectivity index (χ2n) is 9.25. The van der Waals surface area contributed by atoms with Crippen molar-refractivity contribution in [2.45, 2.75) is 19.4 Å². The molecule has 0 radical (unpaired) electrons. The summed E-state index contributed by atoms with van der Waals surface area (Å²) in [5, 5.41) is 17.5. The van der Waals surface area contributed by atoms with Crippen LogP contribution in [0.25, 0.3) is 10.9 Å². The molecule has 11 heteroatoms.